The molecular formula is C18H23N5O2. The van der Waals surface area contributed by atoms with Gasteiger partial charge in [-0.05, 0) is 31.0 Å². The third-order valence-corrected chi connectivity index (χ3v) is 4.58. The molecule has 1 aromatic carbocycles. The molecule has 0 spiro atoms. The molecule has 0 unspecified atom stereocenters. The van der Waals surface area contributed by atoms with Crippen LogP contribution in [-0.2, 0) is 11.3 Å². The highest BCUT2D eigenvalue weighted by atomic mass is 16.2. The molecule has 3 amide bonds. The number of hydrogen-bond donors (Lipinski definition) is 1. The molecule has 1 aliphatic heterocycles. The number of imidazole rings is 1. The van der Waals surface area contributed by atoms with E-state index in [9.17, 15) is 9.59 Å². The minimum absolute atomic E-state index is 0.0524. The molecule has 25 heavy (non-hydrogen) atoms. The van der Waals surface area contributed by atoms with E-state index in [0.717, 1.165) is 31.6 Å². The van der Waals surface area contributed by atoms with Gasteiger partial charge in [0.2, 0.25) is 5.91 Å². The molecule has 0 aliphatic carbocycles. The van der Waals surface area contributed by atoms with Crippen molar-refractivity contribution in [1.29, 1.82) is 0 Å². The SMILES string of the molecule is CC(=O)N(C)c1cccc(NC(=O)N2CCC[C@H]2Cn2ccnc2)c1. The van der Waals surface area contributed by atoms with Crippen molar-refractivity contribution in [2.45, 2.75) is 32.4 Å². The Hall–Kier alpha value is -2.83. The first-order chi connectivity index (χ1) is 12.0. The van der Waals surface area contributed by atoms with E-state index in [-0.39, 0.29) is 18.0 Å². The van der Waals surface area contributed by atoms with E-state index >= 15 is 0 Å². The van der Waals surface area contributed by atoms with Crippen LogP contribution in [0.1, 0.15) is 19.8 Å². The highest BCUT2D eigenvalue weighted by Crippen LogP contribution is 2.22. The Morgan fingerprint density at radius 3 is 2.96 bits per heavy atom. The Labute approximate surface area is 147 Å². The molecule has 1 atom stereocenters. The molecule has 1 N–H and O–H groups in total. The summed E-state index contributed by atoms with van der Waals surface area (Å²) in [5, 5.41) is 2.95. The van der Waals surface area contributed by atoms with Crippen LogP contribution in [0.2, 0.25) is 0 Å². The number of likely N-dealkylation sites (tertiary alicyclic amines) is 1. The topological polar surface area (TPSA) is 70.5 Å². The van der Waals surface area contributed by atoms with E-state index < -0.39 is 0 Å². The normalized spacial score (nSPS) is 16.7. The summed E-state index contributed by atoms with van der Waals surface area (Å²) in [7, 11) is 1.71. The first-order valence-electron chi connectivity index (χ1n) is 8.42. The predicted octanol–water partition coefficient (Wildman–Crippen LogP) is 2.56. The number of aromatic nitrogens is 2. The number of hydrogen-bond acceptors (Lipinski definition) is 3. The Morgan fingerprint density at radius 1 is 1.40 bits per heavy atom. The summed E-state index contributed by atoms with van der Waals surface area (Å²) >= 11 is 0. The number of nitrogens with one attached hydrogen (secondary N) is 1. The Bertz CT molecular complexity index is 744. The van der Waals surface area contributed by atoms with Gasteiger partial charge in [0, 0.05) is 50.8 Å². The van der Waals surface area contributed by atoms with Gasteiger partial charge in [-0.15, -0.1) is 0 Å². The van der Waals surface area contributed by atoms with E-state index in [2.05, 4.69) is 10.3 Å². The van der Waals surface area contributed by atoms with Gasteiger partial charge in [-0.3, -0.25) is 4.79 Å². The average Bonchev–Trinajstić information content (AvgIpc) is 3.26. The average molecular weight is 341 g/mol. The van der Waals surface area contributed by atoms with Crippen LogP contribution in [0.5, 0.6) is 0 Å². The molecular weight excluding hydrogens is 318 g/mol. The lowest BCUT2D eigenvalue weighted by molar-refractivity contribution is -0.116. The van der Waals surface area contributed by atoms with Gasteiger partial charge in [-0.25, -0.2) is 9.78 Å². The number of benzene rings is 1. The summed E-state index contributed by atoms with van der Waals surface area (Å²) in [5.74, 6) is -0.0524. The molecule has 3 rings (SSSR count). The highest BCUT2D eigenvalue weighted by molar-refractivity contribution is 5.93. The summed E-state index contributed by atoms with van der Waals surface area (Å²) in [6.07, 6.45) is 7.42. The fourth-order valence-corrected chi connectivity index (χ4v) is 3.10. The molecule has 132 valence electrons. The van der Waals surface area contributed by atoms with Crippen LogP contribution < -0.4 is 10.2 Å². The van der Waals surface area contributed by atoms with Crippen LogP contribution in [0.25, 0.3) is 0 Å². The van der Waals surface area contributed by atoms with Crippen LogP contribution in [0.15, 0.2) is 43.0 Å². The summed E-state index contributed by atoms with van der Waals surface area (Å²) in [5.41, 5.74) is 1.44. The van der Waals surface area contributed by atoms with Crippen molar-refractivity contribution < 1.29 is 9.59 Å². The van der Waals surface area contributed by atoms with Crippen LogP contribution in [0.4, 0.5) is 16.2 Å². The second kappa shape index (κ2) is 7.38. The number of nitrogens with zero attached hydrogens (tertiary/aromatic N) is 4. The van der Waals surface area contributed by atoms with Crippen molar-refractivity contribution in [3.63, 3.8) is 0 Å². The minimum Gasteiger partial charge on any atom is -0.335 e. The standard InChI is InChI=1S/C18H23N5O2/c1-14(24)21(2)16-6-3-5-15(11-16)20-18(25)23-9-4-7-17(23)12-22-10-8-19-13-22/h3,5-6,8,10-11,13,17H,4,7,9,12H2,1-2H3,(H,20,25)/t17-/m0/s1. The van der Waals surface area contributed by atoms with E-state index in [4.69, 9.17) is 0 Å². The summed E-state index contributed by atoms with van der Waals surface area (Å²) in [6, 6.07) is 7.37. The number of carbonyl (C=O) groups is 2. The molecule has 1 aromatic heterocycles. The van der Waals surface area contributed by atoms with Crippen molar-refractivity contribution in [2.75, 3.05) is 23.8 Å². The van der Waals surface area contributed by atoms with Gasteiger partial charge in [0.15, 0.2) is 0 Å². The van der Waals surface area contributed by atoms with Crippen LogP contribution >= 0.6 is 0 Å². The minimum atomic E-state index is -0.106. The predicted molar refractivity (Wildman–Crippen MR) is 96.5 cm³/mol. The molecule has 2 aromatic rings. The maximum absolute atomic E-state index is 12.7. The molecule has 7 heteroatoms. The van der Waals surface area contributed by atoms with Crippen LogP contribution in [-0.4, -0.2) is 46.0 Å². The number of anilines is 2. The van der Waals surface area contributed by atoms with E-state index in [1.54, 1.807) is 30.5 Å². The lowest BCUT2D eigenvalue weighted by Gasteiger charge is -2.25. The van der Waals surface area contributed by atoms with Crippen molar-refractivity contribution >= 4 is 23.3 Å². The molecule has 1 aliphatic rings. The molecule has 2 heterocycles. The fraction of sp³-hybridized carbons (Fsp3) is 0.389. The van der Waals surface area contributed by atoms with Crippen molar-refractivity contribution in [1.82, 2.24) is 14.5 Å². The Balaban J connectivity index is 1.67. The second-order valence-electron chi connectivity index (χ2n) is 6.31. The summed E-state index contributed by atoms with van der Waals surface area (Å²) in [4.78, 5) is 31.7. The molecule has 7 nitrogen and oxygen atoms in total. The molecule has 1 fully saturated rings. The maximum Gasteiger partial charge on any atom is 0.322 e. The van der Waals surface area contributed by atoms with Gasteiger partial charge in [0.05, 0.1) is 12.4 Å². The lowest BCUT2D eigenvalue weighted by atomic mass is 10.2. The first-order valence-corrected chi connectivity index (χ1v) is 8.42. The first kappa shape index (κ1) is 17.0. The third kappa shape index (κ3) is 3.99. The van der Waals surface area contributed by atoms with Crippen molar-refractivity contribution in [3.8, 4) is 0 Å². The monoisotopic (exact) mass is 341 g/mol. The van der Waals surface area contributed by atoms with Gasteiger partial charge in [-0.1, -0.05) is 6.07 Å². The lowest BCUT2D eigenvalue weighted by Crippen LogP contribution is -2.40. The van der Waals surface area contributed by atoms with E-state index in [0.29, 0.717) is 5.69 Å². The molecule has 0 bridgehead atoms. The summed E-state index contributed by atoms with van der Waals surface area (Å²) < 4.78 is 2.00. The van der Waals surface area contributed by atoms with Crippen LogP contribution in [0.3, 0.4) is 0 Å². The zero-order valence-electron chi connectivity index (χ0n) is 14.6. The van der Waals surface area contributed by atoms with Gasteiger partial charge in [0.25, 0.3) is 0 Å². The molecule has 0 radical (unpaired) electrons. The number of carbonyl (C=O) groups excluding carboxylic acids is 2. The quantitative estimate of drug-likeness (QED) is 0.929. The zero-order valence-corrected chi connectivity index (χ0v) is 14.6. The van der Waals surface area contributed by atoms with Crippen molar-refractivity contribution in [2.24, 2.45) is 0 Å². The second-order valence-corrected chi connectivity index (χ2v) is 6.31. The number of rotatable bonds is 4. The van der Waals surface area contributed by atoms with E-state index in [1.807, 2.05) is 33.9 Å². The summed E-state index contributed by atoms with van der Waals surface area (Å²) in [6.45, 7) is 3.01. The number of urea groups is 1. The van der Waals surface area contributed by atoms with E-state index in [1.165, 1.54) is 6.92 Å². The molecule has 1 saturated heterocycles. The van der Waals surface area contributed by atoms with Gasteiger partial charge < -0.3 is 19.7 Å². The number of amides is 3. The zero-order chi connectivity index (χ0) is 17.8. The third-order valence-electron chi connectivity index (χ3n) is 4.58. The van der Waals surface area contributed by atoms with Crippen molar-refractivity contribution in [3.05, 3.63) is 43.0 Å². The Kier molecular flexibility index (Phi) is 5.02. The highest BCUT2D eigenvalue weighted by Gasteiger charge is 2.29. The Morgan fingerprint density at radius 2 is 2.24 bits per heavy atom. The van der Waals surface area contributed by atoms with Crippen LogP contribution in [0, 0.1) is 0 Å². The van der Waals surface area contributed by atoms with Gasteiger partial charge in [0.1, 0.15) is 0 Å². The molecule has 0 saturated carbocycles. The smallest absolute Gasteiger partial charge is 0.322 e. The fourth-order valence-electron chi connectivity index (χ4n) is 3.10. The van der Waals surface area contributed by atoms with Gasteiger partial charge >= 0.3 is 6.03 Å². The van der Waals surface area contributed by atoms with Gasteiger partial charge in [-0.2, -0.15) is 0 Å². The largest absolute Gasteiger partial charge is 0.335 e. The maximum atomic E-state index is 12.7.